The Kier molecular flexibility index (Phi) is 5.56. The van der Waals surface area contributed by atoms with Gasteiger partial charge in [0.05, 0.1) is 13.5 Å². The molecule has 1 aliphatic rings. The fourth-order valence-electron chi connectivity index (χ4n) is 3.25. The van der Waals surface area contributed by atoms with Crippen molar-refractivity contribution in [3.05, 3.63) is 59.2 Å². The molecule has 5 heteroatoms. The van der Waals surface area contributed by atoms with E-state index in [9.17, 15) is 9.59 Å². The zero-order valence-electron chi connectivity index (χ0n) is 15.2. The third-order valence-corrected chi connectivity index (χ3v) is 4.61. The van der Waals surface area contributed by atoms with E-state index >= 15 is 0 Å². The highest BCUT2D eigenvalue weighted by molar-refractivity contribution is 5.95. The molecule has 136 valence electrons. The van der Waals surface area contributed by atoms with Gasteiger partial charge in [0.15, 0.2) is 0 Å². The van der Waals surface area contributed by atoms with Gasteiger partial charge < -0.3 is 15.0 Å². The molecule has 5 nitrogen and oxygen atoms in total. The second kappa shape index (κ2) is 8.04. The summed E-state index contributed by atoms with van der Waals surface area (Å²) in [7, 11) is 1.64. The lowest BCUT2D eigenvalue weighted by atomic mass is 10.1. The van der Waals surface area contributed by atoms with E-state index in [2.05, 4.69) is 5.32 Å². The van der Waals surface area contributed by atoms with Crippen LogP contribution in [0.25, 0.3) is 0 Å². The highest BCUT2D eigenvalue weighted by Gasteiger charge is 2.21. The first-order valence-electron chi connectivity index (χ1n) is 8.86. The second-order valence-corrected chi connectivity index (χ2v) is 6.58. The molecule has 1 heterocycles. The van der Waals surface area contributed by atoms with Crippen LogP contribution in [0.15, 0.2) is 42.5 Å². The lowest BCUT2D eigenvalue weighted by molar-refractivity contribution is -0.120. The number of aryl methyl sites for hydroxylation is 1. The van der Waals surface area contributed by atoms with E-state index in [0.717, 1.165) is 41.1 Å². The first kappa shape index (κ1) is 18.0. The Morgan fingerprint density at radius 2 is 2.04 bits per heavy atom. The van der Waals surface area contributed by atoms with Gasteiger partial charge in [-0.2, -0.15) is 0 Å². The Labute approximate surface area is 154 Å². The molecule has 0 aliphatic carbocycles. The maximum atomic E-state index is 12.2. The van der Waals surface area contributed by atoms with Gasteiger partial charge in [0.1, 0.15) is 5.75 Å². The maximum absolute atomic E-state index is 12.2. The molecule has 2 aromatic rings. The predicted octanol–water partition coefficient (Wildman–Crippen LogP) is 2.99. The summed E-state index contributed by atoms with van der Waals surface area (Å²) in [6.45, 7) is 3.18. The lowest BCUT2D eigenvalue weighted by Crippen LogP contribution is -2.26. The SMILES string of the molecule is COc1ccc(CC(=O)NCc2cccc(N3CCCC3=O)c2)cc1C. The minimum Gasteiger partial charge on any atom is -0.496 e. The zero-order valence-corrected chi connectivity index (χ0v) is 15.2. The van der Waals surface area contributed by atoms with Crippen molar-refractivity contribution in [1.82, 2.24) is 5.32 Å². The van der Waals surface area contributed by atoms with Crippen LogP contribution in [0.3, 0.4) is 0 Å². The monoisotopic (exact) mass is 352 g/mol. The summed E-state index contributed by atoms with van der Waals surface area (Å²) in [5.74, 6) is 0.959. The molecule has 0 aromatic heterocycles. The fraction of sp³-hybridized carbons (Fsp3) is 0.333. The molecule has 2 amide bonds. The highest BCUT2D eigenvalue weighted by atomic mass is 16.5. The molecule has 1 saturated heterocycles. The van der Waals surface area contributed by atoms with Crippen LogP contribution < -0.4 is 15.0 Å². The second-order valence-electron chi connectivity index (χ2n) is 6.58. The van der Waals surface area contributed by atoms with Crippen LogP contribution in [0, 0.1) is 6.92 Å². The zero-order chi connectivity index (χ0) is 18.5. The fourth-order valence-corrected chi connectivity index (χ4v) is 3.25. The molecule has 0 saturated carbocycles. The molecule has 1 fully saturated rings. The van der Waals surface area contributed by atoms with Crippen LogP contribution in [0.2, 0.25) is 0 Å². The van der Waals surface area contributed by atoms with E-state index in [1.165, 1.54) is 0 Å². The van der Waals surface area contributed by atoms with Crippen molar-refractivity contribution in [3.63, 3.8) is 0 Å². The molecule has 1 N–H and O–H groups in total. The standard InChI is InChI=1S/C21H24N2O3/c1-15-11-16(8-9-19(15)26-2)13-20(24)22-14-17-5-3-6-18(12-17)23-10-4-7-21(23)25/h3,5-6,8-9,11-12H,4,7,10,13-14H2,1-2H3,(H,22,24). The number of carbonyl (C=O) groups excluding carboxylic acids is 2. The lowest BCUT2D eigenvalue weighted by Gasteiger charge is -2.16. The first-order chi connectivity index (χ1) is 12.6. The number of nitrogens with zero attached hydrogens (tertiary/aromatic N) is 1. The molecule has 26 heavy (non-hydrogen) atoms. The van der Waals surface area contributed by atoms with Gasteiger partial charge in [0, 0.05) is 25.2 Å². The Morgan fingerprint density at radius 1 is 1.19 bits per heavy atom. The number of nitrogens with one attached hydrogen (secondary N) is 1. The van der Waals surface area contributed by atoms with Gasteiger partial charge in [-0.25, -0.2) is 0 Å². The summed E-state index contributed by atoms with van der Waals surface area (Å²) in [6.07, 6.45) is 1.85. The minimum absolute atomic E-state index is 0.0304. The van der Waals surface area contributed by atoms with Crippen LogP contribution >= 0.6 is 0 Å². The number of hydrogen-bond donors (Lipinski definition) is 1. The van der Waals surface area contributed by atoms with Crippen LogP contribution in [0.1, 0.15) is 29.5 Å². The van der Waals surface area contributed by atoms with E-state index < -0.39 is 0 Å². The van der Waals surface area contributed by atoms with Crippen molar-refractivity contribution in [2.24, 2.45) is 0 Å². The molecular weight excluding hydrogens is 328 g/mol. The molecule has 0 radical (unpaired) electrons. The minimum atomic E-state index is -0.0304. The first-order valence-corrected chi connectivity index (χ1v) is 8.86. The third kappa shape index (κ3) is 4.23. The molecule has 0 unspecified atom stereocenters. The van der Waals surface area contributed by atoms with Crippen molar-refractivity contribution in [2.75, 3.05) is 18.6 Å². The molecule has 3 rings (SSSR count). The van der Waals surface area contributed by atoms with E-state index in [0.29, 0.717) is 19.4 Å². The average molecular weight is 352 g/mol. The maximum Gasteiger partial charge on any atom is 0.227 e. The topological polar surface area (TPSA) is 58.6 Å². The van der Waals surface area contributed by atoms with Crippen LogP contribution in [-0.4, -0.2) is 25.5 Å². The van der Waals surface area contributed by atoms with Crippen molar-refractivity contribution in [1.29, 1.82) is 0 Å². The average Bonchev–Trinajstić information content (AvgIpc) is 3.06. The Hall–Kier alpha value is -2.82. The third-order valence-electron chi connectivity index (χ3n) is 4.61. The van der Waals surface area contributed by atoms with E-state index in [-0.39, 0.29) is 11.8 Å². The number of amides is 2. The van der Waals surface area contributed by atoms with Crippen LogP contribution in [0.5, 0.6) is 5.75 Å². The number of hydrogen-bond acceptors (Lipinski definition) is 3. The summed E-state index contributed by atoms with van der Waals surface area (Å²) in [5, 5.41) is 2.95. The van der Waals surface area contributed by atoms with Crippen molar-refractivity contribution in [2.45, 2.75) is 32.7 Å². The summed E-state index contributed by atoms with van der Waals surface area (Å²) in [5.41, 5.74) is 3.87. The Balaban J connectivity index is 1.57. The largest absolute Gasteiger partial charge is 0.496 e. The van der Waals surface area contributed by atoms with Crippen LogP contribution in [0.4, 0.5) is 5.69 Å². The molecule has 1 aliphatic heterocycles. The van der Waals surface area contributed by atoms with Gasteiger partial charge in [-0.05, 0) is 48.2 Å². The van der Waals surface area contributed by atoms with E-state index in [1.807, 2.05) is 54.3 Å². The number of anilines is 1. The van der Waals surface area contributed by atoms with Gasteiger partial charge in [-0.3, -0.25) is 9.59 Å². The van der Waals surface area contributed by atoms with Crippen molar-refractivity contribution in [3.8, 4) is 5.75 Å². The van der Waals surface area contributed by atoms with Gasteiger partial charge in [-0.15, -0.1) is 0 Å². The van der Waals surface area contributed by atoms with Gasteiger partial charge in [0.25, 0.3) is 0 Å². The quantitative estimate of drug-likeness (QED) is 0.869. The molecule has 0 bridgehead atoms. The van der Waals surface area contributed by atoms with E-state index in [4.69, 9.17) is 4.74 Å². The Morgan fingerprint density at radius 3 is 2.73 bits per heavy atom. The number of benzene rings is 2. The number of methoxy groups -OCH3 is 1. The van der Waals surface area contributed by atoms with Gasteiger partial charge in [-0.1, -0.05) is 24.3 Å². The molecular formula is C21H24N2O3. The number of carbonyl (C=O) groups is 2. The molecule has 2 aromatic carbocycles. The summed E-state index contributed by atoms with van der Waals surface area (Å²) >= 11 is 0. The summed E-state index contributed by atoms with van der Waals surface area (Å²) < 4.78 is 5.24. The van der Waals surface area contributed by atoms with Crippen molar-refractivity contribution >= 4 is 17.5 Å². The smallest absolute Gasteiger partial charge is 0.227 e. The Bertz CT molecular complexity index is 817. The van der Waals surface area contributed by atoms with Gasteiger partial charge >= 0.3 is 0 Å². The van der Waals surface area contributed by atoms with Crippen molar-refractivity contribution < 1.29 is 14.3 Å². The number of ether oxygens (including phenoxy) is 1. The molecule has 0 spiro atoms. The summed E-state index contributed by atoms with van der Waals surface area (Å²) in [4.78, 5) is 25.9. The predicted molar refractivity (Wildman–Crippen MR) is 101 cm³/mol. The summed E-state index contributed by atoms with van der Waals surface area (Å²) in [6, 6.07) is 13.6. The van der Waals surface area contributed by atoms with E-state index in [1.54, 1.807) is 7.11 Å². The van der Waals surface area contributed by atoms with Gasteiger partial charge in [0.2, 0.25) is 11.8 Å². The molecule has 0 atom stereocenters. The highest BCUT2D eigenvalue weighted by Crippen LogP contribution is 2.22. The normalized spacial score (nSPS) is 13.8. The van der Waals surface area contributed by atoms with Crippen LogP contribution in [-0.2, 0) is 22.6 Å². The number of rotatable bonds is 6.